The Labute approximate surface area is 112 Å². The van der Waals surface area contributed by atoms with Crippen LogP contribution in [0.3, 0.4) is 0 Å². The van der Waals surface area contributed by atoms with Gasteiger partial charge in [0, 0.05) is 24.0 Å². The lowest BCUT2D eigenvalue weighted by atomic mass is 10.1. The van der Waals surface area contributed by atoms with Crippen molar-refractivity contribution in [3.63, 3.8) is 0 Å². The number of aromatic nitrogens is 1. The zero-order chi connectivity index (χ0) is 13.7. The highest BCUT2D eigenvalue weighted by Crippen LogP contribution is 2.22. The summed E-state index contributed by atoms with van der Waals surface area (Å²) in [6, 6.07) is 11.2. The molecule has 0 aliphatic heterocycles. The predicted octanol–water partition coefficient (Wildman–Crippen LogP) is 3.25. The molecule has 4 heteroatoms. The summed E-state index contributed by atoms with van der Waals surface area (Å²) in [5.41, 5.74) is 1.94. The average molecular weight is 256 g/mol. The molecular weight excluding hydrogens is 240 g/mol. The smallest absolute Gasteiger partial charge is 0.410 e. The molecule has 0 atom stereocenters. The van der Waals surface area contributed by atoms with Crippen LogP contribution in [0, 0.1) is 0 Å². The maximum Gasteiger partial charge on any atom is 0.412 e. The van der Waals surface area contributed by atoms with E-state index in [2.05, 4.69) is 10.3 Å². The third kappa shape index (κ3) is 3.81. The van der Waals surface area contributed by atoms with E-state index in [4.69, 9.17) is 4.74 Å². The fourth-order valence-electron chi connectivity index (χ4n) is 1.64. The minimum absolute atomic E-state index is 0.0500. The highest BCUT2D eigenvalue weighted by atomic mass is 16.6. The lowest BCUT2D eigenvalue weighted by Crippen LogP contribution is -2.32. The second kappa shape index (κ2) is 6.00. The van der Waals surface area contributed by atoms with Gasteiger partial charge in [-0.05, 0) is 37.6 Å². The minimum atomic E-state index is -0.446. The van der Waals surface area contributed by atoms with Gasteiger partial charge in [0.2, 0.25) is 0 Å². The Morgan fingerprint density at radius 3 is 2.68 bits per heavy atom. The van der Waals surface area contributed by atoms with E-state index in [-0.39, 0.29) is 6.04 Å². The number of pyridine rings is 1. The standard InChI is InChI=1S/C15H16N2O2/c1-11(2)17-15(18)19-14-7-3-5-12(9-14)13-6-4-8-16-10-13/h3-11H,1-2H3,(H,17,18). The van der Waals surface area contributed by atoms with Crippen molar-refractivity contribution in [1.29, 1.82) is 0 Å². The molecule has 0 saturated carbocycles. The van der Waals surface area contributed by atoms with E-state index in [0.29, 0.717) is 5.75 Å². The van der Waals surface area contributed by atoms with Gasteiger partial charge in [0.15, 0.2) is 0 Å². The molecule has 1 heterocycles. The molecule has 2 aromatic rings. The lowest BCUT2D eigenvalue weighted by molar-refractivity contribution is 0.198. The maximum absolute atomic E-state index is 11.5. The summed E-state index contributed by atoms with van der Waals surface area (Å²) in [5, 5.41) is 2.68. The van der Waals surface area contributed by atoms with E-state index in [9.17, 15) is 4.79 Å². The summed E-state index contributed by atoms with van der Waals surface area (Å²) in [5.74, 6) is 0.513. The summed E-state index contributed by atoms with van der Waals surface area (Å²) in [4.78, 5) is 15.6. The number of benzene rings is 1. The van der Waals surface area contributed by atoms with Crippen molar-refractivity contribution in [3.05, 3.63) is 48.8 Å². The topological polar surface area (TPSA) is 51.2 Å². The van der Waals surface area contributed by atoms with Crippen LogP contribution >= 0.6 is 0 Å². The summed E-state index contributed by atoms with van der Waals surface area (Å²) in [6.45, 7) is 3.76. The largest absolute Gasteiger partial charge is 0.412 e. The van der Waals surface area contributed by atoms with Gasteiger partial charge < -0.3 is 10.1 Å². The summed E-state index contributed by atoms with van der Waals surface area (Å²) < 4.78 is 5.22. The molecule has 0 unspecified atom stereocenters. The Hall–Kier alpha value is -2.36. The molecule has 0 fully saturated rings. The van der Waals surface area contributed by atoms with Crippen LogP contribution in [0.25, 0.3) is 11.1 Å². The quantitative estimate of drug-likeness (QED) is 0.917. The second-order valence-corrected chi connectivity index (χ2v) is 4.46. The Balaban J connectivity index is 2.14. The van der Waals surface area contributed by atoms with Gasteiger partial charge in [0.1, 0.15) is 5.75 Å². The van der Waals surface area contributed by atoms with E-state index in [1.165, 1.54) is 0 Å². The number of nitrogens with zero attached hydrogens (tertiary/aromatic N) is 1. The first-order valence-corrected chi connectivity index (χ1v) is 6.14. The van der Waals surface area contributed by atoms with Crippen LogP contribution in [0.1, 0.15) is 13.8 Å². The van der Waals surface area contributed by atoms with Gasteiger partial charge in [0.25, 0.3) is 0 Å². The number of nitrogens with one attached hydrogen (secondary N) is 1. The zero-order valence-corrected chi connectivity index (χ0v) is 11.0. The van der Waals surface area contributed by atoms with E-state index in [1.54, 1.807) is 18.5 Å². The molecule has 1 amide bonds. The van der Waals surface area contributed by atoms with Gasteiger partial charge in [-0.2, -0.15) is 0 Å². The Bertz CT molecular complexity index is 553. The molecule has 0 aliphatic carbocycles. The van der Waals surface area contributed by atoms with Crippen LogP contribution in [-0.2, 0) is 0 Å². The molecule has 19 heavy (non-hydrogen) atoms. The average Bonchev–Trinajstić information content (AvgIpc) is 2.39. The third-order valence-electron chi connectivity index (χ3n) is 2.45. The van der Waals surface area contributed by atoms with Gasteiger partial charge >= 0.3 is 6.09 Å². The number of amides is 1. The van der Waals surface area contributed by atoms with Crippen molar-refractivity contribution in [1.82, 2.24) is 10.3 Å². The maximum atomic E-state index is 11.5. The molecule has 0 spiro atoms. The fraction of sp³-hybridized carbons (Fsp3) is 0.200. The van der Waals surface area contributed by atoms with Gasteiger partial charge in [0.05, 0.1) is 0 Å². The van der Waals surface area contributed by atoms with E-state index in [0.717, 1.165) is 11.1 Å². The Morgan fingerprint density at radius 1 is 1.21 bits per heavy atom. The number of carbonyl (C=O) groups is 1. The van der Waals surface area contributed by atoms with Crippen LogP contribution in [0.5, 0.6) is 5.75 Å². The number of hydrogen-bond acceptors (Lipinski definition) is 3. The fourth-order valence-corrected chi connectivity index (χ4v) is 1.64. The molecular formula is C15H16N2O2. The number of carbonyl (C=O) groups excluding carboxylic acids is 1. The summed E-state index contributed by atoms with van der Waals surface area (Å²) in [6.07, 6.45) is 3.05. The van der Waals surface area contributed by atoms with Crippen LogP contribution < -0.4 is 10.1 Å². The van der Waals surface area contributed by atoms with Crippen LogP contribution in [0.4, 0.5) is 4.79 Å². The van der Waals surface area contributed by atoms with Crippen molar-refractivity contribution >= 4 is 6.09 Å². The summed E-state index contributed by atoms with van der Waals surface area (Å²) >= 11 is 0. The number of ether oxygens (including phenoxy) is 1. The van der Waals surface area contributed by atoms with Crippen molar-refractivity contribution in [3.8, 4) is 16.9 Å². The number of rotatable bonds is 3. The highest BCUT2D eigenvalue weighted by Gasteiger charge is 2.06. The third-order valence-corrected chi connectivity index (χ3v) is 2.45. The van der Waals surface area contributed by atoms with Gasteiger partial charge in [-0.3, -0.25) is 4.98 Å². The second-order valence-electron chi connectivity index (χ2n) is 4.46. The molecule has 0 bridgehead atoms. The SMILES string of the molecule is CC(C)NC(=O)Oc1cccc(-c2cccnc2)c1. The van der Waals surface area contributed by atoms with Crippen LogP contribution in [0.15, 0.2) is 48.8 Å². The first kappa shape index (κ1) is 13.1. The minimum Gasteiger partial charge on any atom is -0.410 e. The van der Waals surface area contributed by atoms with Crippen molar-refractivity contribution in [2.24, 2.45) is 0 Å². The van der Waals surface area contributed by atoms with E-state index in [1.807, 2.05) is 44.2 Å². The Kier molecular flexibility index (Phi) is 4.13. The first-order valence-electron chi connectivity index (χ1n) is 6.14. The molecule has 4 nitrogen and oxygen atoms in total. The summed E-state index contributed by atoms with van der Waals surface area (Å²) in [7, 11) is 0. The molecule has 0 saturated heterocycles. The zero-order valence-electron chi connectivity index (χ0n) is 11.0. The van der Waals surface area contributed by atoms with Crippen LogP contribution in [0.2, 0.25) is 0 Å². The molecule has 1 aromatic heterocycles. The monoisotopic (exact) mass is 256 g/mol. The highest BCUT2D eigenvalue weighted by molar-refractivity contribution is 5.72. The predicted molar refractivity (Wildman–Crippen MR) is 74.0 cm³/mol. The molecule has 98 valence electrons. The first-order chi connectivity index (χ1) is 9.15. The van der Waals surface area contributed by atoms with Crippen molar-refractivity contribution in [2.45, 2.75) is 19.9 Å². The van der Waals surface area contributed by atoms with Crippen molar-refractivity contribution < 1.29 is 9.53 Å². The van der Waals surface area contributed by atoms with E-state index >= 15 is 0 Å². The Morgan fingerprint density at radius 2 is 2.00 bits per heavy atom. The van der Waals surface area contributed by atoms with Crippen LogP contribution in [-0.4, -0.2) is 17.1 Å². The number of hydrogen-bond donors (Lipinski definition) is 1. The lowest BCUT2D eigenvalue weighted by Gasteiger charge is -2.10. The van der Waals surface area contributed by atoms with Gasteiger partial charge in [-0.15, -0.1) is 0 Å². The molecule has 1 aromatic carbocycles. The normalized spacial score (nSPS) is 10.3. The molecule has 0 radical (unpaired) electrons. The van der Waals surface area contributed by atoms with Crippen molar-refractivity contribution in [2.75, 3.05) is 0 Å². The van der Waals surface area contributed by atoms with Gasteiger partial charge in [-0.1, -0.05) is 18.2 Å². The molecule has 0 aliphatic rings. The molecule has 2 rings (SSSR count). The molecule has 1 N–H and O–H groups in total. The van der Waals surface area contributed by atoms with E-state index < -0.39 is 6.09 Å². The van der Waals surface area contributed by atoms with Gasteiger partial charge in [-0.25, -0.2) is 4.79 Å².